The van der Waals surface area contributed by atoms with Gasteiger partial charge in [-0.15, -0.1) is 0 Å². The number of nitrogens with zero attached hydrogens (tertiary/aromatic N) is 1. The van der Waals surface area contributed by atoms with Crippen molar-refractivity contribution in [1.82, 2.24) is 4.98 Å². The van der Waals surface area contributed by atoms with E-state index in [1.54, 1.807) is 0 Å². The molecule has 2 heteroatoms. The normalized spacial score (nSPS) is 12.5. The Hall–Kier alpha value is -2.19. The Balaban J connectivity index is 1.80. The third kappa shape index (κ3) is 3.11. The molecule has 3 rings (SSSR count). The van der Waals surface area contributed by atoms with E-state index < -0.39 is 0 Å². The van der Waals surface area contributed by atoms with E-state index in [9.17, 15) is 0 Å². The van der Waals surface area contributed by atoms with Gasteiger partial charge in [0, 0.05) is 24.4 Å². The maximum absolute atomic E-state index is 6.35. The lowest BCUT2D eigenvalue weighted by Gasteiger charge is -2.13. The van der Waals surface area contributed by atoms with Gasteiger partial charge in [0.1, 0.15) is 0 Å². The molecule has 106 valence electrons. The minimum Gasteiger partial charge on any atom is -0.324 e. The summed E-state index contributed by atoms with van der Waals surface area (Å²) in [5, 5.41) is 2.48. The lowest BCUT2D eigenvalue weighted by Crippen LogP contribution is -2.14. The van der Waals surface area contributed by atoms with E-state index in [4.69, 9.17) is 5.73 Å². The van der Waals surface area contributed by atoms with Gasteiger partial charge >= 0.3 is 0 Å². The van der Waals surface area contributed by atoms with E-state index in [1.807, 2.05) is 6.20 Å². The van der Waals surface area contributed by atoms with E-state index >= 15 is 0 Å². The van der Waals surface area contributed by atoms with Gasteiger partial charge in [0.05, 0.1) is 0 Å². The Morgan fingerprint density at radius 1 is 1.00 bits per heavy atom. The van der Waals surface area contributed by atoms with Crippen molar-refractivity contribution in [2.75, 3.05) is 0 Å². The molecule has 0 aliphatic carbocycles. The van der Waals surface area contributed by atoms with E-state index in [0.29, 0.717) is 0 Å². The van der Waals surface area contributed by atoms with E-state index in [1.165, 1.54) is 16.3 Å². The van der Waals surface area contributed by atoms with Crippen LogP contribution in [0.2, 0.25) is 0 Å². The van der Waals surface area contributed by atoms with Crippen molar-refractivity contribution in [2.24, 2.45) is 5.73 Å². The molecule has 1 unspecified atom stereocenters. The standard InChI is InChI=1S/C19H20N2/c1-2-14-7-10-18(21-13-14)12-19(20)17-9-8-15-5-3-4-6-16(15)11-17/h3-11,13,19H,2,12,20H2,1H3. The summed E-state index contributed by atoms with van der Waals surface area (Å²) in [7, 11) is 0. The highest BCUT2D eigenvalue weighted by Crippen LogP contribution is 2.21. The first-order valence-corrected chi connectivity index (χ1v) is 7.44. The number of fused-ring (bicyclic) bond motifs is 1. The summed E-state index contributed by atoms with van der Waals surface area (Å²) in [6, 6.07) is 19.0. The predicted molar refractivity (Wildman–Crippen MR) is 88.2 cm³/mol. The third-order valence-electron chi connectivity index (χ3n) is 3.92. The highest BCUT2D eigenvalue weighted by Gasteiger charge is 2.08. The van der Waals surface area contributed by atoms with Crippen molar-refractivity contribution in [3.05, 3.63) is 77.6 Å². The fraction of sp³-hybridized carbons (Fsp3) is 0.211. The Morgan fingerprint density at radius 2 is 1.81 bits per heavy atom. The Labute approximate surface area is 125 Å². The summed E-state index contributed by atoms with van der Waals surface area (Å²) in [6.45, 7) is 2.14. The molecule has 0 amide bonds. The lowest BCUT2D eigenvalue weighted by molar-refractivity contribution is 0.707. The van der Waals surface area contributed by atoms with Crippen LogP contribution in [0.5, 0.6) is 0 Å². The molecule has 0 radical (unpaired) electrons. The number of pyridine rings is 1. The van der Waals surface area contributed by atoms with Crippen LogP contribution in [0.15, 0.2) is 60.8 Å². The third-order valence-corrected chi connectivity index (χ3v) is 3.92. The zero-order valence-corrected chi connectivity index (χ0v) is 12.3. The molecule has 0 bridgehead atoms. The molecule has 1 heterocycles. The maximum Gasteiger partial charge on any atom is 0.0422 e. The fourth-order valence-electron chi connectivity index (χ4n) is 2.57. The van der Waals surface area contributed by atoms with Crippen LogP contribution in [0.25, 0.3) is 10.8 Å². The number of rotatable bonds is 4. The van der Waals surface area contributed by atoms with Crippen molar-refractivity contribution in [2.45, 2.75) is 25.8 Å². The molecular formula is C19H20N2. The molecule has 0 saturated heterocycles. The average Bonchev–Trinajstić information content (AvgIpc) is 2.55. The number of hydrogen-bond acceptors (Lipinski definition) is 2. The van der Waals surface area contributed by atoms with Crippen molar-refractivity contribution >= 4 is 10.8 Å². The van der Waals surface area contributed by atoms with Crippen LogP contribution in [0.1, 0.15) is 29.8 Å². The molecule has 0 fully saturated rings. The Bertz CT molecular complexity index is 732. The van der Waals surface area contributed by atoms with Gasteiger partial charge in [-0.25, -0.2) is 0 Å². The van der Waals surface area contributed by atoms with Crippen LogP contribution in [0.4, 0.5) is 0 Å². The molecule has 0 aliphatic rings. The molecule has 3 aromatic rings. The minimum atomic E-state index is -0.0189. The average molecular weight is 276 g/mol. The summed E-state index contributed by atoms with van der Waals surface area (Å²) in [6.07, 6.45) is 3.73. The highest BCUT2D eigenvalue weighted by atomic mass is 14.7. The van der Waals surface area contributed by atoms with Crippen molar-refractivity contribution in [3.8, 4) is 0 Å². The van der Waals surface area contributed by atoms with Crippen LogP contribution in [-0.2, 0) is 12.8 Å². The second-order valence-electron chi connectivity index (χ2n) is 5.43. The first kappa shape index (κ1) is 13.8. The van der Waals surface area contributed by atoms with Gasteiger partial charge in [0.15, 0.2) is 0 Å². The van der Waals surface area contributed by atoms with Crippen LogP contribution in [0, 0.1) is 0 Å². The van der Waals surface area contributed by atoms with Crippen molar-refractivity contribution in [3.63, 3.8) is 0 Å². The van der Waals surface area contributed by atoms with E-state index in [-0.39, 0.29) is 6.04 Å². The first-order valence-electron chi connectivity index (χ1n) is 7.44. The van der Waals surface area contributed by atoms with Gasteiger partial charge in [0.2, 0.25) is 0 Å². The topological polar surface area (TPSA) is 38.9 Å². The lowest BCUT2D eigenvalue weighted by atomic mass is 9.99. The molecule has 1 aromatic heterocycles. The van der Waals surface area contributed by atoms with Gasteiger partial charge < -0.3 is 5.73 Å². The van der Waals surface area contributed by atoms with Gasteiger partial charge in [-0.1, -0.05) is 49.4 Å². The van der Waals surface area contributed by atoms with Gasteiger partial charge in [-0.05, 0) is 40.5 Å². The number of aryl methyl sites for hydroxylation is 1. The van der Waals surface area contributed by atoms with Crippen molar-refractivity contribution < 1.29 is 0 Å². The summed E-state index contributed by atoms with van der Waals surface area (Å²) >= 11 is 0. The van der Waals surface area contributed by atoms with Crippen LogP contribution < -0.4 is 5.73 Å². The van der Waals surface area contributed by atoms with Crippen LogP contribution in [-0.4, -0.2) is 4.98 Å². The van der Waals surface area contributed by atoms with Gasteiger partial charge in [-0.2, -0.15) is 0 Å². The quantitative estimate of drug-likeness (QED) is 0.781. The number of nitrogens with two attached hydrogens (primary N) is 1. The van der Waals surface area contributed by atoms with Gasteiger partial charge in [-0.3, -0.25) is 4.98 Å². The largest absolute Gasteiger partial charge is 0.324 e. The second kappa shape index (κ2) is 6.06. The molecule has 21 heavy (non-hydrogen) atoms. The van der Waals surface area contributed by atoms with E-state index in [2.05, 4.69) is 66.5 Å². The molecule has 0 aliphatic heterocycles. The summed E-state index contributed by atoms with van der Waals surface area (Å²) in [5.74, 6) is 0. The van der Waals surface area contributed by atoms with Crippen molar-refractivity contribution in [1.29, 1.82) is 0 Å². The molecule has 2 N–H and O–H groups in total. The number of aromatic nitrogens is 1. The van der Waals surface area contributed by atoms with E-state index in [0.717, 1.165) is 24.1 Å². The first-order chi connectivity index (χ1) is 10.3. The number of benzene rings is 2. The zero-order chi connectivity index (χ0) is 14.7. The SMILES string of the molecule is CCc1ccc(CC(N)c2ccc3ccccc3c2)nc1. The zero-order valence-electron chi connectivity index (χ0n) is 12.3. The molecule has 2 aromatic carbocycles. The monoisotopic (exact) mass is 276 g/mol. The van der Waals surface area contributed by atoms with Crippen LogP contribution in [0.3, 0.4) is 0 Å². The smallest absolute Gasteiger partial charge is 0.0422 e. The maximum atomic E-state index is 6.35. The fourth-order valence-corrected chi connectivity index (χ4v) is 2.57. The minimum absolute atomic E-state index is 0.0189. The predicted octanol–water partition coefficient (Wildman–Crippen LogP) is 4.04. The summed E-state index contributed by atoms with van der Waals surface area (Å²) < 4.78 is 0. The molecule has 0 spiro atoms. The second-order valence-corrected chi connectivity index (χ2v) is 5.43. The van der Waals surface area contributed by atoms with Crippen LogP contribution >= 0.6 is 0 Å². The van der Waals surface area contributed by atoms with Gasteiger partial charge in [0.25, 0.3) is 0 Å². The molecule has 0 saturated carbocycles. The molecule has 1 atom stereocenters. The Morgan fingerprint density at radius 3 is 2.52 bits per heavy atom. The highest BCUT2D eigenvalue weighted by molar-refractivity contribution is 5.83. The Kier molecular flexibility index (Phi) is 3.98. The summed E-state index contributed by atoms with van der Waals surface area (Å²) in [5.41, 5.74) is 9.82. The number of hydrogen-bond donors (Lipinski definition) is 1. The summed E-state index contributed by atoms with van der Waals surface area (Å²) in [4.78, 5) is 4.50. The molecule has 2 nitrogen and oxygen atoms in total. The molecular weight excluding hydrogens is 256 g/mol.